The van der Waals surface area contributed by atoms with Crippen molar-refractivity contribution in [2.45, 2.75) is 34.1 Å². The number of para-hydroxylation sites is 2. The van der Waals surface area contributed by atoms with Crippen LogP contribution >= 0.6 is 11.6 Å². The van der Waals surface area contributed by atoms with Crippen LogP contribution in [0.5, 0.6) is 0 Å². The minimum atomic E-state index is -0.824. The van der Waals surface area contributed by atoms with Crippen molar-refractivity contribution in [1.82, 2.24) is 0 Å². The Morgan fingerprint density at radius 1 is 0.769 bits per heavy atom. The van der Waals surface area contributed by atoms with Crippen molar-refractivity contribution in [2.24, 2.45) is 0 Å². The van der Waals surface area contributed by atoms with Crippen LogP contribution in [-0.4, -0.2) is 61.4 Å². The molecule has 212 valence electrons. The molecule has 11 heteroatoms. The number of esters is 2. The Morgan fingerprint density at radius 3 is 1.56 bits per heavy atom. The van der Waals surface area contributed by atoms with Crippen LogP contribution in [0.4, 0.5) is 11.4 Å². The molecule has 2 rings (SSSR count). The van der Waals surface area contributed by atoms with E-state index in [1.807, 2.05) is 36.4 Å². The number of ether oxygens (including phenoxy) is 2. The van der Waals surface area contributed by atoms with Crippen LogP contribution in [0.2, 0.25) is 0 Å². The second-order valence-corrected chi connectivity index (χ2v) is 8.15. The largest absolute Gasteiger partial charge is 0.511 e. The maximum atomic E-state index is 12.2. The standard InChI is InChI=1S/C14H17NO4.C12H15NO3.C2H3ClO/c1-4-19-14(18)12(10(2)16)13(17)15(3)11-8-6-5-7-9-11;1-3-16-12(15)9-11(14)13(2)10-7-5-4-6-8-10;1-2(3)4/h5-9,16H,4H2,1-3H3;4-8H,3,9H2,1-2H3;1H3/b12-10+;;. The molecule has 1 N–H and O–H groups in total. The second-order valence-electron chi connectivity index (χ2n) is 7.62. The number of halogens is 1. The normalized spacial score (nSPS) is 10.2. The van der Waals surface area contributed by atoms with Gasteiger partial charge in [-0.3, -0.25) is 19.2 Å². The Kier molecular flexibility index (Phi) is 16.9. The lowest BCUT2D eigenvalue weighted by molar-refractivity contribution is -0.145. The monoisotopic (exact) mass is 562 g/mol. The molecule has 2 aromatic rings. The highest BCUT2D eigenvalue weighted by Crippen LogP contribution is 2.16. The number of benzene rings is 2. The van der Waals surface area contributed by atoms with Crippen molar-refractivity contribution in [3.8, 4) is 0 Å². The summed E-state index contributed by atoms with van der Waals surface area (Å²) in [7, 11) is 3.16. The molecule has 0 heterocycles. The van der Waals surface area contributed by atoms with Crippen molar-refractivity contribution in [3.05, 3.63) is 72.0 Å². The van der Waals surface area contributed by atoms with Gasteiger partial charge in [-0.15, -0.1) is 0 Å². The summed E-state index contributed by atoms with van der Waals surface area (Å²) in [4.78, 5) is 58.6. The SMILES string of the molecule is CC(=O)Cl.CCOC(=O)/C(C(=O)N(C)c1ccccc1)=C(\C)O.CCOC(=O)CC(=O)N(C)c1ccccc1. The minimum absolute atomic E-state index is 0.137. The zero-order valence-electron chi connectivity index (χ0n) is 23.0. The van der Waals surface area contributed by atoms with Gasteiger partial charge in [-0.05, 0) is 56.6 Å². The average Bonchev–Trinajstić information content (AvgIpc) is 2.89. The van der Waals surface area contributed by atoms with E-state index in [4.69, 9.17) is 9.47 Å². The molecule has 0 saturated carbocycles. The number of amides is 2. The van der Waals surface area contributed by atoms with Crippen molar-refractivity contribution in [3.63, 3.8) is 0 Å². The van der Waals surface area contributed by atoms with Crippen LogP contribution in [0.25, 0.3) is 0 Å². The van der Waals surface area contributed by atoms with Gasteiger partial charge in [0.05, 0.1) is 13.2 Å². The van der Waals surface area contributed by atoms with Crippen LogP contribution in [0.15, 0.2) is 72.0 Å². The summed E-state index contributed by atoms with van der Waals surface area (Å²) in [5, 5.41) is 9.15. The third kappa shape index (κ3) is 13.8. The van der Waals surface area contributed by atoms with Gasteiger partial charge >= 0.3 is 11.9 Å². The van der Waals surface area contributed by atoms with Gasteiger partial charge in [-0.25, -0.2) is 4.79 Å². The van der Waals surface area contributed by atoms with E-state index in [0.717, 1.165) is 5.69 Å². The van der Waals surface area contributed by atoms with Gasteiger partial charge in [-0.2, -0.15) is 0 Å². The fraction of sp³-hybridized carbons (Fsp3) is 0.321. The fourth-order valence-corrected chi connectivity index (χ4v) is 2.78. The average molecular weight is 563 g/mol. The summed E-state index contributed by atoms with van der Waals surface area (Å²) >= 11 is 4.64. The maximum Gasteiger partial charge on any atom is 0.347 e. The number of nitrogens with zero attached hydrogens (tertiary/aromatic N) is 2. The topological polar surface area (TPSA) is 131 Å². The molecule has 0 fully saturated rings. The smallest absolute Gasteiger partial charge is 0.347 e. The van der Waals surface area contributed by atoms with Crippen molar-refractivity contribution < 1.29 is 38.6 Å². The van der Waals surface area contributed by atoms with Gasteiger partial charge in [0, 0.05) is 32.4 Å². The summed E-state index contributed by atoms with van der Waals surface area (Å²) in [6.45, 7) is 6.35. The summed E-state index contributed by atoms with van der Waals surface area (Å²) in [5.74, 6) is -2.55. The summed E-state index contributed by atoms with van der Waals surface area (Å²) in [6, 6.07) is 18.0. The third-order valence-corrected chi connectivity index (χ3v) is 4.62. The molecule has 0 spiro atoms. The number of carbonyl (C=O) groups excluding carboxylic acids is 5. The second kappa shape index (κ2) is 19.0. The van der Waals surface area contributed by atoms with Gasteiger partial charge in [-0.1, -0.05) is 36.4 Å². The van der Waals surface area contributed by atoms with E-state index in [1.54, 1.807) is 45.2 Å². The van der Waals surface area contributed by atoms with Gasteiger partial charge in [0.1, 0.15) is 12.2 Å². The van der Waals surface area contributed by atoms with Crippen LogP contribution < -0.4 is 9.80 Å². The number of anilines is 2. The van der Waals surface area contributed by atoms with Crippen LogP contribution in [-0.2, 0) is 33.4 Å². The number of hydrogen-bond acceptors (Lipinski definition) is 8. The molecule has 0 unspecified atom stereocenters. The Bertz CT molecular complexity index is 1110. The number of hydrogen-bond donors (Lipinski definition) is 1. The highest BCUT2D eigenvalue weighted by Gasteiger charge is 2.26. The number of likely N-dealkylation sites (N-methyl/N-ethyl adjacent to an activating group) is 1. The van der Waals surface area contributed by atoms with Crippen molar-refractivity contribution in [2.75, 3.05) is 37.1 Å². The predicted molar refractivity (Wildman–Crippen MR) is 149 cm³/mol. The quantitative estimate of drug-likeness (QED) is 0.125. The lowest BCUT2D eigenvalue weighted by Gasteiger charge is -2.18. The molecule has 0 aliphatic rings. The van der Waals surface area contributed by atoms with Crippen molar-refractivity contribution in [1.29, 1.82) is 0 Å². The lowest BCUT2D eigenvalue weighted by atomic mass is 10.2. The highest BCUT2D eigenvalue weighted by molar-refractivity contribution is 6.62. The number of carbonyl (C=O) groups is 5. The molecule has 0 bridgehead atoms. The van der Waals surface area contributed by atoms with E-state index in [9.17, 15) is 29.1 Å². The first-order chi connectivity index (χ1) is 18.4. The first-order valence-corrected chi connectivity index (χ1v) is 12.3. The summed E-state index contributed by atoms with van der Waals surface area (Å²) < 4.78 is 9.48. The molecule has 2 amide bonds. The van der Waals surface area contributed by atoms with Gasteiger partial charge in [0.25, 0.3) is 5.91 Å². The number of aliphatic hydroxyl groups excluding tert-OH is 1. The molecule has 2 aromatic carbocycles. The van der Waals surface area contributed by atoms with E-state index in [1.165, 1.54) is 30.7 Å². The van der Waals surface area contributed by atoms with E-state index < -0.39 is 17.8 Å². The highest BCUT2D eigenvalue weighted by atomic mass is 35.5. The Hall–Kier alpha value is -4.18. The lowest BCUT2D eigenvalue weighted by Crippen LogP contribution is -2.32. The molecular formula is C28H35ClN2O8. The third-order valence-electron chi connectivity index (χ3n) is 4.62. The van der Waals surface area contributed by atoms with Crippen LogP contribution in [0.3, 0.4) is 0 Å². The van der Waals surface area contributed by atoms with E-state index in [-0.39, 0.29) is 35.5 Å². The fourth-order valence-electron chi connectivity index (χ4n) is 2.78. The Balaban J connectivity index is 0.000000658. The molecule has 0 atom stereocenters. The number of rotatable bonds is 8. The zero-order valence-corrected chi connectivity index (χ0v) is 23.7. The first-order valence-electron chi connectivity index (χ1n) is 11.9. The summed E-state index contributed by atoms with van der Waals surface area (Å²) in [6.07, 6.45) is -0.223. The number of aliphatic hydroxyl groups is 1. The molecule has 10 nitrogen and oxygen atoms in total. The zero-order chi connectivity index (χ0) is 30.0. The Morgan fingerprint density at radius 2 is 1.18 bits per heavy atom. The maximum absolute atomic E-state index is 12.2. The van der Waals surface area contributed by atoms with E-state index in [2.05, 4.69) is 11.6 Å². The van der Waals surface area contributed by atoms with E-state index >= 15 is 0 Å². The summed E-state index contributed by atoms with van der Waals surface area (Å²) in [5.41, 5.74) is 1.03. The molecular weight excluding hydrogens is 528 g/mol. The molecule has 0 radical (unpaired) electrons. The minimum Gasteiger partial charge on any atom is -0.511 e. The molecule has 0 aliphatic carbocycles. The van der Waals surface area contributed by atoms with Crippen LogP contribution in [0, 0.1) is 0 Å². The molecule has 0 aromatic heterocycles. The predicted octanol–water partition coefficient (Wildman–Crippen LogP) is 4.42. The van der Waals surface area contributed by atoms with Gasteiger partial charge in [0.15, 0.2) is 5.57 Å². The van der Waals surface area contributed by atoms with Gasteiger partial charge in [0.2, 0.25) is 11.1 Å². The molecule has 0 saturated heterocycles. The Labute approximate surface area is 233 Å². The van der Waals surface area contributed by atoms with Crippen LogP contribution in [0.1, 0.15) is 34.1 Å². The first kappa shape index (κ1) is 34.8. The van der Waals surface area contributed by atoms with Crippen molar-refractivity contribution >= 4 is 52.0 Å². The van der Waals surface area contributed by atoms with E-state index in [0.29, 0.717) is 12.3 Å². The molecule has 0 aliphatic heterocycles. The van der Waals surface area contributed by atoms with Gasteiger partial charge < -0.3 is 24.4 Å². The molecule has 39 heavy (non-hydrogen) atoms. The number of allylic oxidation sites excluding steroid dienone is 1.